The van der Waals surface area contributed by atoms with Gasteiger partial charge >= 0.3 is 0 Å². The summed E-state index contributed by atoms with van der Waals surface area (Å²) in [6.45, 7) is 0.628. The van der Waals surface area contributed by atoms with E-state index in [1.807, 2.05) is 23.5 Å². The number of hydrogen-bond acceptors (Lipinski definition) is 7. The molecule has 1 aliphatic heterocycles. The van der Waals surface area contributed by atoms with E-state index in [1.165, 1.54) is 18.4 Å². The van der Waals surface area contributed by atoms with E-state index in [1.54, 1.807) is 6.20 Å². The molecule has 0 bridgehead atoms. The molecular weight excluding hydrogens is 438 g/mol. The predicted octanol–water partition coefficient (Wildman–Crippen LogP) is -0.168. The number of aromatic nitrogens is 3. The fourth-order valence-electron chi connectivity index (χ4n) is 3.09. The normalized spacial score (nSPS) is 20.0. The molecule has 7 nitrogen and oxygen atoms in total. The van der Waals surface area contributed by atoms with Gasteiger partial charge in [0.25, 0.3) is 0 Å². The Hall–Kier alpha value is -1.26. The van der Waals surface area contributed by atoms with E-state index in [9.17, 15) is 4.79 Å². The molecule has 1 aliphatic rings. The molecule has 134 valence electrons. The van der Waals surface area contributed by atoms with Crippen molar-refractivity contribution < 1.29 is 9.53 Å². The Morgan fingerprint density at radius 2 is 2.19 bits per heavy atom. The highest BCUT2D eigenvalue weighted by Gasteiger charge is 2.54. The Bertz CT molecular complexity index is 865. The van der Waals surface area contributed by atoms with Crippen molar-refractivity contribution in [3.05, 3.63) is 20.8 Å². The number of ether oxygens (including phenoxy) is 1. The number of nitrogens with one attached hydrogen (secondary N) is 2. The molecule has 3 heterocycles. The van der Waals surface area contributed by atoms with Gasteiger partial charge in [0.1, 0.15) is 10.0 Å². The van der Waals surface area contributed by atoms with E-state index >= 15 is 0 Å². The van der Waals surface area contributed by atoms with Gasteiger partial charge in [-0.2, -0.15) is 4.98 Å². The summed E-state index contributed by atoms with van der Waals surface area (Å²) in [4.78, 5) is 25.7. The van der Waals surface area contributed by atoms with Gasteiger partial charge in [-0.1, -0.05) is 28.1 Å². The quantitative estimate of drug-likeness (QED) is 0.611. The van der Waals surface area contributed by atoms with Crippen LogP contribution in [0.3, 0.4) is 0 Å². The maximum atomic E-state index is 12.7. The molecule has 0 aromatic carbocycles. The molecule has 26 heavy (non-hydrogen) atoms. The number of anilines is 2. The van der Waals surface area contributed by atoms with Gasteiger partial charge in [-0.3, -0.25) is 4.79 Å². The number of carbonyl (C=O) groups is 1. The summed E-state index contributed by atoms with van der Waals surface area (Å²) in [5.74, 6) is 0.732. The second-order valence-corrected chi connectivity index (χ2v) is 9.19. The zero-order valence-electron chi connectivity index (χ0n) is 14.8. The van der Waals surface area contributed by atoms with Crippen LogP contribution >= 0.6 is 38.9 Å². The van der Waals surface area contributed by atoms with Crippen LogP contribution in [0.2, 0.25) is 10.3 Å². The first-order valence-corrected chi connectivity index (χ1v) is 9.96. The molecule has 13 heteroatoms. The zero-order chi connectivity index (χ0) is 19.1. The van der Waals surface area contributed by atoms with Crippen molar-refractivity contribution >= 4 is 79.3 Å². The van der Waals surface area contributed by atoms with Gasteiger partial charge in [0.15, 0.2) is 5.15 Å². The number of thiazole rings is 1. The molecule has 1 amide bonds. The average molecular weight is 454 g/mol. The highest BCUT2D eigenvalue weighted by Crippen LogP contribution is 2.49. The molecule has 2 N–H and O–H groups in total. The summed E-state index contributed by atoms with van der Waals surface area (Å²) in [6.07, 6.45) is 2.27. The maximum absolute atomic E-state index is 12.7. The standard InChI is InChI=1S/C13H16B3BrClN5O2S/c1-25-7-5(17)4-20-11(22-7)23-8-6(18)21-10(26-8)12(13(14,15)16)2-3-19-9(12)24/h4H,2-3,14-16H2,1H3,(H,19,24)(H,20,22,23). The van der Waals surface area contributed by atoms with E-state index in [-0.39, 0.29) is 11.0 Å². The van der Waals surface area contributed by atoms with Crippen molar-refractivity contribution in [2.24, 2.45) is 0 Å². The Balaban J connectivity index is 1.98. The van der Waals surface area contributed by atoms with E-state index in [2.05, 4.69) is 41.5 Å². The Morgan fingerprint density at radius 3 is 2.77 bits per heavy atom. The first kappa shape index (κ1) is 19.5. The lowest BCUT2D eigenvalue weighted by atomic mass is 9.32. The highest BCUT2D eigenvalue weighted by atomic mass is 79.9. The van der Waals surface area contributed by atoms with Crippen molar-refractivity contribution in [3.8, 4) is 5.88 Å². The monoisotopic (exact) mass is 453 g/mol. The fourth-order valence-corrected chi connectivity index (χ4v) is 5.01. The van der Waals surface area contributed by atoms with Gasteiger partial charge in [-0.25, -0.2) is 9.97 Å². The summed E-state index contributed by atoms with van der Waals surface area (Å²) in [5, 5.41) is 7.28. The van der Waals surface area contributed by atoms with Crippen LogP contribution in [0, 0.1) is 0 Å². The number of amides is 1. The van der Waals surface area contributed by atoms with Gasteiger partial charge in [-0.15, -0.1) is 0 Å². The Labute approximate surface area is 171 Å². The highest BCUT2D eigenvalue weighted by molar-refractivity contribution is 9.10. The van der Waals surface area contributed by atoms with Gasteiger partial charge in [0, 0.05) is 6.54 Å². The van der Waals surface area contributed by atoms with Gasteiger partial charge in [0.05, 0.1) is 46.7 Å². The summed E-state index contributed by atoms with van der Waals surface area (Å²) in [5.41, 5.74) is -0.709. The average Bonchev–Trinajstić information content (AvgIpc) is 3.12. The predicted molar refractivity (Wildman–Crippen MR) is 114 cm³/mol. The zero-order valence-corrected chi connectivity index (χ0v) is 18.0. The molecule has 0 saturated carbocycles. The lowest BCUT2D eigenvalue weighted by Crippen LogP contribution is -2.47. The first-order valence-electron chi connectivity index (χ1n) is 7.97. The lowest BCUT2D eigenvalue weighted by molar-refractivity contribution is -0.123. The van der Waals surface area contributed by atoms with E-state index in [0.717, 1.165) is 0 Å². The van der Waals surface area contributed by atoms with Crippen molar-refractivity contribution in [2.45, 2.75) is 16.9 Å². The van der Waals surface area contributed by atoms with Crippen molar-refractivity contribution in [2.75, 3.05) is 19.0 Å². The summed E-state index contributed by atoms with van der Waals surface area (Å²) < 4.78 is 5.83. The first-order chi connectivity index (χ1) is 12.2. The van der Waals surface area contributed by atoms with Crippen LogP contribution in [0.5, 0.6) is 5.88 Å². The van der Waals surface area contributed by atoms with Crippen LogP contribution in [-0.4, -0.2) is 58.1 Å². The molecule has 1 saturated heterocycles. The molecule has 0 spiro atoms. The van der Waals surface area contributed by atoms with Crippen LogP contribution in [0.1, 0.15) is 11.4 Å². The van der Waals surface area contributed by atoms with E-state index < -0.39 is 5.41 Å². The minimum atomic E-state index is -0.709. The number of halogens is 2. The van der Waals surface area contributed by atoms with Crippen LogP contribution in [0.15, 0.2) is 10.7 Å². The third-order valence-electron chi connectivity index (χ3n) is 4.54. The second kappa shape index (κ2) is 7.05. The molecule has 1 fully saturated rings. The van der Waals surface area contributed by atoms with Gasteiger partial charge in [0.2, 0.25) is 17.7 Å². The molecule has 2 aromatic heterocycles. The molecule has 1 unspecified atom stereocenters. The summed E-state index contributed by atoms with van der Waals surface area (Å²) >= 11 is 11.0. The van der Waals surface area contributed by atoms with E-state index in [0.29, 0.717) is 44.4 Å². The fraction of sp³-hybridized carbons (Fsp3) is 0.385. The number of hydrogen-bond donors (Lipinski definition) is 2. The molecule has 2 aromatic rings. The number of rotatable bonds is 5. The number of nitrogens with zero attached hydrogens (tertiary/aromatic N) is 3. The Morgan fingerprint density at radius 1 is 1.46 bits per heavy atom. The molecular formula is C13H16B3BrClN5O2S. The molecule has 0 radical (unpaired) electrons. The van der Waals surface area contributed by atoms with Crippen LogP contribution in [0.25, 0.3) is 0 Å². The third kappa shape index (κ3) is 3.23. The largest absolute Gasteiger partial charge is 0.480 e. The molecule has 0 aliphatic carbocycles. The topological polar surface area (TPSA) is 89.0 Å². The van der Waals surface area contributed by atoms with Crippen LogP contribution in [0.4, 0.5) is 10.9 Å². The molecule has 1 atom stereocenters. The summed E-state index contributed by atoms with van der Waals surface area (Å²) in [6, 6.07) is 0. The smallest absolute Gasteiger partial charge is 0.232 e. The van der Waals surface area contributed by atoms with Gasteiger partial charge in [-0.05, 0) is 22.4 Å². The minimum absolute atomic E-state index is 0.0106. The van der Waals surface area contributed by atoms with Gasteiger partial charge < -0.3 is 15.4 Å². The SMILES string of the molecule is BC(B)(B)C1(c2nc(Cl)c(Nc3ncc(Br)c(OC)n3)s2)CCNC1=O. The summed E-state index contributed by atoms with van der Waals surface area (Å²) in [7, 11) is 7.66. The third-order valence-corrected chi connectivity index (χ3v) is 6.60. The maximum Gasteiger partial charge on any atom is 0.232 e. The van der Waals surface area contributed by atoms with Crippen molar-refractivity contribution in [3.63, 3.8) is 0 Å². The second-order valence-electron chi connectivity index (χ2n) is 6.98. The number of methoxy groups -OCH3 is 1. The minimum Gasteiger partial charge on any atom is -0.480 e. The number of carbonyl (C=O) groups excluding carboxylic acids is 1. The lowest BCUT2D eigenvalue weighted by Gasteiger charge is -2.37. The Kier molecular flexibility index (Phi) is 5.29. The molecule has 3 rings (SSSR count). The van der Waals surface area contributed by atoms with Crippen LogP contribution < -0.4 is 15.4 Å². The van der Waals surface area contributed by atoms with Crippen LogP contribution in [-0.2, 0) is 10.2 Å². The van der Waals surface area contributed by atoms with Crippen molar-refractivity contribution in [1.82, 2.24) is 20.3 Å². The van der Waals surface area contributed by atoms with E-state index in [4.69, 9.17) is 16.3 Å². The van der Waals surface area contributed by atoms with Crippen molar-refractivity contribution in [1.29, 1.82) is 0 Å².